The number of carbonyl (C=O) groups excluding carboxylic acids is 1. The van der Waals surface area contributed by atoms with Crippen LogP contribution in [-0.4, -0.2) is 18.2 Å². The lowest BCUT2D eigenvalue weighted by Gasteiger charge is -2.08. The molecular formula is C10H7F2NO3. The fraction of sp³-hybridized carbons (Fsp3) is 0.200. The third-order valence-electron chi connectivity index (χ3n) is 1.96. The minimum Gasteiger partial charge on any atom is -0.506 e. The third-order valence-corrected chi connectivity index (χ3v) is 1.96. The predicted molar refractivity (Wildman–Crippen MR) is 49.1 cm³/mol. The van der Waals surface area contributed by atoms with E-state index in [1.807, 2.05) is 0 Å². The highest BCUT2D eigenvalue weighted by molar-refractivity contribution is 5.93. The molecular weight excluding hydrogens is 220 g/mol. The first-order valence-corrected chi connectivity index (χ1v) is 4.15. The molecule has 0 radical (unpaired) electrons. The van der Waals surface area contributed by atoms with Crippen molar-refractivity contribution in [2.45, 2.75) is 6.43 Å². The Kier molecular flexibility index (Phi) is 3.40. The number of aromatic hydroxyl groups is 1. The van der Waals surface area contributed by atoms with E-state index < -0.39 is 29.3 Å². The molecule has 0 spiro atoms. The van der Waals surface area contributed by atoms with Gasteiger partial charge in [-0.25, -0.2) is 13.6 Å². The van der Waals surface area contributed by atoms with Gasteiger partial charge in [-0.1, -0.05) is 0 Å². The Bertz CT molecular complexity index is 466. The van der Waals surface area contributed by atoms with Crippen molar-refractivity contribution in [2.75, 3.05) is 7.11 Å². The molecule has 0 bridgehead atoms. The van der Waals surface area contributed by atoms with Crippen molar-refractivity contribution in [1.29, 1.82) is 5.26 Å². The molecule has 16 heavy (non-hydrogen) atoms. The standard InChI is InChI=1S/C10H7F2NO3/c1-16-10(15)5-2-3-6(9(11)12)8(14)7(5)4-13/h2-3,9,14H,1H3. The summed E-state index contributed by atoms with van der Waals surface area (Å²) < 4.78 is 29.1. The fourth-order valence-corrected chi connectivity index (χ4v) is 1.18. The summed E-state index contributed by atoms with van der Waals surface area (Å²) >= 11 is 0. The highest BCUT2D eigenvalue weighted by atomic mass is 19.3. The van der Waals surface area contributed by atoms with Gasteiger partial charge in [-0.15, -0.1) is 0 Å². The van der Waals surface area contributed by atoms with Crippen LogP contribution in [0, 0.1) is 11.3 Å². The molecule has 84 valence electrons. The third kappa shape index (κ3) is 1.93. The van der Waals surface area contributed by atoms with E-state index in [2.05, 4.69) is 4.74 Å². The van der Waals surface area contributed by atoms with Gasteiger partial charge in [0, 0.05) is 0 Å². The Morgan fingerprint density at radius 2 is 2.19 bits per heavy atom. The van der Waals surface area contributed by atoms with Gasteiger partial charge in [-0.3, -0.25) is 0 Å². The molecule has 1 N–H and O–H groups in total. The van der Waals surface area contributed by atoms with Crippen molar-refractivity contribution >= 4 is 5.97 Å². The number of ether oxygens (including phenoxy) is 1. The SMILES string of the molecule is COC(=O)c1ccc(C(F)F)c(O)c1C#N. The number of methoxy groups -OCH3 is 1. The lowest BCUT2D eigenvalue weighted by molar-refractivity contribution is 0.0599. The van der Waals surface area contributed by atoms with E-state index in [9.17, 15) is 18.7 Å². The van der Waals surface area contributed by atoms with E-state index in [1.54, 1.807) is 0 Å². The van der Waals surface area contributed by atoms with Gasteiger partial charge in [0.15, 0.2) is 0 Å². The molecule has 0 saturated carbocycles. The number of rotatable bonds is 2. The van der Waals surface area contributed by atoms with Crippen LogP contribution in [0.1, 0.15) is 27.9 Å². The molecule has 1 aromatic carbocycles. The first kappa shape index (κ1) is 11.9. The Hall–Kier alpha value is -2.16. The number of nitrogens with zero attached hydrogens (tertiary/aromatic N) is 1. The Morgan fingerprint density at radius 1 is 1.56 bits per heavy atom. The van der Waals surface area contributed by atoms with Gasteiger partial charge >= 0.3 is 5.97 Å². The average Bonchev–Trinajstić information content (AvgIpc) is 2.26. The Morgan fingerprint density at radius 3 is 2.62 bits per heavy atom. The average molecular weight is 227 g/mol. The Labute approximate surface area is 89.7 Å². The minimum atomic E-state index is -2.92. The monoisotopic (exact) mass is 227 g/mol. The molecule has 0 atom stereocenters. The number of nitriles is 1. The molecule has 1 aromatic rings. The van der Waals surface area contributed by atoms with Crippen LogP contribution in [0.15, 0.2) is 12.1 Å². The maximum absolute atomic E-state index is 12.4. The predicted octanol–water partition coefficient (Wildman–Crippen LogP) is 1.99. The second-order valence-corrected chi connectivity index (χ2v) is 2.83. The molecule has 0 fully saturated rings. The van der Waals surface area contributed by atoms with Crippen molar-refractivity contribution < 1.29 is 23.4 Å². The maximum atomic E-state index is 12.4. The molecule has 0 amide bonds. The van der Waals surface area contributed by atoms with Gasteiger partial charge in [0.25, 0.3) is 6.43 Å². The van der Waals surface area contributed by atoms with Crippen LogP contribution in [-0.2, 0) is 4.74 Å². The van der Waals surface area contributed by atoms with E-state index in [0.29, 0.717) is 0 Å². The number of carbonyl (C=O) groups is 1. The zero-order chi connectivity index (χ0) is 12.3. The number of halogens is 2. The van der Waals surface area contributed by atoms with Crippen LogP contribution in [0.5, 0.6) is 5.75 Å². The molecule has 0 aliphatic carbocycles. The summed E-state index contributed by atoms with van der Waals surface area (Å²) in [6, 6.07) is 3.39. The number of phenolic OH excluding ortho intramolecular Hbond substituents is 1. The van der Waals surface area contributed by atoms with E-state index in [0.717, 1.165) is 19.2 Å². The highest BCUT2D eigenvalue weighted by Crippen LogP contribution is 2.32. The quantitative estimate of drug-likeness (QED) is 0.784. The second-order valence-electron chi connectivity index (χ2n) is 2.83. The topological polar surface area (TPSA) is 70.3 Å². The van der Waals surface area contributed by atoms with E-state index in [1.165, 1.54) is 6.07 Å². The number of alkyl halides is 2. The fourth-order valence-electron chi connectivity index (χ4n) is 1.18. The first-order valence-electron chi connectivity index (χ1n) is 4.15. The highest BCUT2D eigenvalue weighted by Gasteiger charge is 2.22. The number of hydrogen-bond donors (Lipinski definition) is 1. The van der Waals surface area contributed by atoms with Gasteiger partial charge in [-0.2, -0.15) is 5.26 Å². The zero-order valence-corrected chi connectivity index (χ0v) is 8.20. The number of phenols is 1. The van der Waals surface area contributed by atoms with Gasteiger partial charge in [0.2, 0.25) is 0 Å². The van der Waals surface area contributed by atoms with Crippen LogP contribution in [0.4, 0.5) is 8.78 Å². The number of benzene rings is 1. The van der Waals surface area contributed by atoms with Crippen LogP contribution in [0.3, 0.4) is 0 Å². The number of esters is 1. The summed E-state index contributed by atoms with van der Waals surface area (Å²) in [5, 5.41) is 18.1. The maximum Gasteiger partial charge on any atom is 0.339 e. The summed E-state index contributed by atoms with van der Waals surface area (Å²) in [5.74, 6) is -1.76. The summed E-state index contributed by atoms with van der Waals surface area (Å²) in [6.07, 6.45) is -2.92. The van der Waals surface area contributed by atoms with Gasteiger partial charge in [0.1, 0.15) is 17.4 Å². The molecule has 0 aromatic heterocycles. The van der Waals surface area contributed by atoms with Gasteiger partial charge in [0.05, 0.1) is 18.2 Å². The lowest BCUT2D eigenvalue weighted by Crippen LogP contribution is -2.05. The van der Waals surface area contributed by atoms with Gasteiger partial charge in [-0.05, 0) is 12.1 Å². The molecule has 0 saturated heterocycles. The van der Waals surface area contributed by atoms with E-state index in [4.69, 9.17) is 5.26 Å². The molecule has 0 heterocycles. The molecule has 0 unspecified atom stereocenters. The molecule has 0 aliphatic heterocycles. The summed E-state index contributed by atoms with van der Waals surface area (Å²) in [7, 11) is 1.08. The van der Waals surface area contributed by atoms with Gasteiger partial charge < -0.3 is 9.84 Å². The van der Waals surface area contributed by atoms with Crippen molar-refractivity contribution in [2.24, 2.45) is 0 Å². The largest absolute Gasteiger partial charge is 0.506 e. The second kappa shape index (κ2) is 4.57. The van der Waals surface area contributed by atoms with E-state index in [-0.39, 0.29) is 5.56 Å². The number of hydrogen-bond acceptors (Lipinski definition) is 4. The van der Waals surface area contributed by atoms with Crippen LogP contribution in [0.2, 0.25) is 0 Å². The molecule has 1 rings (SSSR count). The van der Waals surface area contributed by atoms with Crippen LogP contribution in [0.25, 0.3) is 0 Å². The summed E-state index contributed by atoms with van der Waals surface area (Å²) in [5.41, 5.74) is -1.44. The van der Waals surface area contributed by atoms with Crippen LogP contribution < -0.4 is 0 Å². The van der Waals surface area contributed by atoms with Crippen molar-refractivity contribution in [1.82, 2.24) is 0 Å². The molecule has 4 nitrogen and oxygen atoms in total. The summed E-state index contributed by atoms with van der Waals surface area (Å²) in [4.78, 5) is 11.2. The molecule has 6 heteroatoms. The summed E-state index contributed by atoms with van der Waals surface area (Å²) in [6.45, 7) is 0. The zero-order valence-electron chi connectivity index (χ0n) is 8.20. The first-order chi connectivity index (χ1) is 7.52. The minimum absolute atomic E-state index is 0.244. The van der Waals surface area contributed by atoms with Crippen molar-refractivity contribution in [3.63, 3.8) is 0 Å². The van der Waals surface area contributed by atoms with E-state index >= 15 is 0 Å². The molecule has 0 aliphatic rings. The van der Waals surface area contributed by atoms with Crippen LogP contribution >= 0.6 is 0 Å². The van der Waals surface area contributed by atoms with Crippen molar-refractivity contribution in [3.8, 4) is 11.8 Å². The van der Waals surface area contributed by atoms with Crippen molar-refractivity contribution in [3.05, 3.63) is 28.8 Å². The lowest BCUT2D eigenvalue weighted by atomic mass is 10.0. The smallest absolute Gasteiger partial charge is 0.339 e. The normalized spacial score (nSPS) is 9.94. The Balaban J connectivity index is 3.42.